The van der Waals surface area contributed by atoms with Crippen LogP contribution in [0.3, 0.4) is 0 Å². The zero-order valence-corrected chi connectivity index (χ0v) is 19.2. The van der Waals surface area contributed by atoms with Crippen LogP contribution in [0.2, 0.25) is 0 Å². The minimum absolute atomic E-state index is 0.0170. The Kier molecular flexibility index (Phi) is 8.20. The van der Waals surface area contributed by atoms with E-state index < -0.39 is 6.04 Å². The summed E-state index contributed by atoms with van der Waals surface area (Å²) in [5.74, 6) is -0.165. The van der Waals surface area contributed by atoms with Gasteiger partial charge in [-0.3, -0.25) is 9.59 Å². The van der Waals surface area contributed by atoms with Gasteiger partial charge in [0.2, 0.25) is 11.8 Å². The van der Waals surface area contributed by atoms with E-state index in [1.54, 1.807) is 11.9 Å². The van der Waals surface area contributed by atoms with Gasteiger partial charge in [0.15, 0.2) is 0 Å². The SMILES string of the molecule is CNC(=O)C(Cc1ccccc1)N(Cc1cccc(C)c1)C(=O)CCc1ccc(C)cc1. The predicted molar refractivity (Wildman–Crippen MR) is 129 cm³/mol. The molecule has 3 aromatic carbocycles. The Morgan fingerprint density at radius 2 is 1.50 bits per heavy atom. The number of hydrogen-bond donors (Lipinski definition) is 1. The molecule has 166 valence electrons. The summed E-state index contributed by atoms with van der Waals surface area (Å²) >= 11 is 0. The molecular formula is C28H32N2O2. The Labute approximate surface area is 191 Å². The van der Waals surface area contributed by atoms with Gasteiger partial charge in [-0.25, -0.2) is 0 Å². The van der Waals surface area contributed by atoms with E-state index in [0.717, 1.165) is 22.3 Å². The first-order chi connectivity index (χ1) is 15.5. The van der Waals surface area contributed by atoms with Crippen LogP contribution in [0.1, 0.15) is 34.2 Å². The summed E-state index contributed by atoms with van der Waals surface area (Å²) in [7, 11) is 1.63. The Morgan fingerprint density at radius 3 is 2.16 bits per heavy atom. The molecule has 0 saturated carbocycles. The lowest BCUT2D eigenvalue weighted by Gasteiger charge is -2.31. The maximum atomic E-state index is 13.5. The van der Waals surface area contributed by atoms with Gasteiger partial charge in [-0.05, 0) is 37.0 Å². The van der Waals surface area contributed by atoms with Crippen molar-refractivity contribution in [2.24, 2.45) is 0 Å². The fourth-order valence-corrected chi connectivity index (χ4v) is 3.88. The van der Waals surface area contributed by atoms with E-state index in [1.165, 1.54) is 5.56 Å². The first-order valence-electron chi connectivity index (χ1n) is 11.1. The van der Waals surface area contributed by atoms with E-state index >= 15 is 0 Å². The maximum absolute atomic E-state index is 13.5. The molecule has 0 spiro atoms. The highest BCUT2D eigenvalue weighted by Gasteiger charge is 2.29. The summed E-state index contributed by atoms with van der Waals surface area (Å²) in [6, 6.07) is 25.7. The van der Waals surface area contributed by atoms with Crippen molar-refractivity contribution in [2.75, 3.05) is 7.05 Å². The van der Waals surface area contributed by atoms with Gasteiger partial charge in [-0.1, -0.05) is 90.0 Å². The van der Waals surface area contributed by atoms with E-state index in [0.29, 0.717) is 25.8 Å². The van der Waals surface area contributed by atoms with Gasteiger partial charge < -0.3 is 10.2 Å². The second kappa shape index (κ2) is 11.3. The minimum atomic E-state index is -0.576. The van der Waals surface area contributed by atoms with E-state index in [9.17, 15) is 9.59 Å². The molecule has 0 aromatic heterocycles. The average Bonchev–Trinajstić information content (AvgIpc) is 2.81. The molecule has 0 radical (unpaired) electrons. The first-order valence-corrected chi connectivity index (χ1v) is 11.1. The molecule has 3 rings (SSSR count). The molecule has 0 aliphatic heterocycles. The predicted octanol–water partition coefficient (Wildman–Crippen LogP) is 4.62. The van der Waals surface area contributed by atoms with Crippen LogP contribution in [-0.2, 0) is 29.0 Å². The monoisotopic (exact) mass is 428 g/mol. The largest absolute Gasteiger partial charge is 0.357 e. The lowest BCUT2D eigenvalue weighted by Crippen LogP contribution is -2.49. The van der Waals surface area contributed by atoms with Crippen molar-refractivity contribution >= 4 is 11.8 Å². The number of nitrogens with one attached hydrogen (secondary N) is 1. The fraction of sp³-hybridized carbons (Fsp3) is 0.286. The lowest BCUT2D eigenvalue weighted by molar-refractivity contribution is -0.141. The van der Waals surface area contributed by atoms with Crippen LogP contribution >= 0.6 is 0 Å². The molecule has 4 nitrogen and oxygen atoms in total. The highest BCUT2D eigenvalue weighted by Crippen LogP contribution is 2.17. The van der Waals surface area contributed by atoms with E-state index in [4.69, 9.17) is 0 Å². The Bertz CT molecular complexity index is 1030. The number of amides is 2. The molecule has 4 heteroatoms. The number of likely N-dealkylation sites (N-methyl/N-ethyl adjacent to an activating group) is 1. The molecule has 1 atom stereocenters. The topological polar surface area (TPSA) is 49.4 Å². The number of carbonyl (C=O) groups is 2. The van der Waals surface area contributed by atoms with Gasteiger partial charge in [0.25, 0.3) is 0 Å². The summed E-state index contributed by atoms with van der Waals surface area (Å²) in [6.07, 6.45) is 1.48. The smallest absolute Gasteiger partial charge is 0.242 e. The van der Waals surface area contributed by atoms with Crippen molar-refractivity contribution in [3.05, 3.63) is 107 Å². The van der Waals surface area contributed by atoms with Gasteiger partial charge >= 0.3 is 0 Å². The molecule has 0 aliphatic rings. The zero-order chi connectivity index (χ0) is 22.9. The standard InChI is InChI=1S/C28H32N2O2/c1-21-12-14-23(15-13-21)16-17-27(31)30(20-25-11-7-8-22(2)18-25)26(28(32)29-3)19-24-9-5-4-6-10-24/h4-15,18,26H,16-17,19-20H2,1-3H3,(H,29,32). The number of benzene rings is 3. The quantitative estimate of drug-likeness (QED) is 0.541. The second-order valence-electron chi connectivity index (χ2n) is 8.32. The summed E-state index contributed by atoms with van der Waals surface area (Å²) in [5, 5.41) is 2.77. The Balaban J connectivity index is 1.86. The van der Waals surface area contributed by atoms with Crippen LogP contribution in [0.15, 0.2) is 78.9 Å². The fourth-order valence-electron chi connectivity index (χ4n) is 3.88. The summed E-state index contributed by atoms with van der Waals surface area (Å²) in [4.78, 5) is 28.1. The number of nitrogens with zero attached hydrogens (tertiary/aromatic N) is 1. The van der Waals surface area contributed by atoms with E-state index in [2.05, 4.69) is 42.6 Å². The molecule has 1 unspecified atom stereocenters. The number of aryl methyl sites for hydroxylation is 3. The third-order valence-corrected chi connectivity index (χ3v) is 5.70. The minimum Gasteiger partial charge on any atom is -0.357 e. The second-order valence-corrected chi connectivity index (χ2v) is 8.32. The van der Waals surface area contributed by atoms with Crippen molar-refractivity contribution in [3.8, 4) is 0 Å². The van der Waals surface area contributed by atoms with E-state index in [-0.39, 0.29) is 11.8 Å². The molecule has 0 aliphatic carbocycles. The average molecular weight is 429 g/mol. The highest BCUT2D eigenvalue weighted by atomic mass is 16.2. The Morgan fingerprint density at radius 1 is 0.812 bits per heavy atom. The molecule has 0 bridgehead atoms. The van der Waals surface area contributed by atoms with Crippen LogP contribution in [0.25, 0.3) is 0 Å². The van der Waals surface area contributed by atoms with E-state index in [1.807, 2.05) is 55.5 Å². The van der Waals surface area contributed by atoms with Crippen molar-refractivity contribution in [1.29, 1.82) is 0 Å². The van der Waals surface area contributed by atoms with Gasteiger partial charge in [-0.15, -0.1) is 0 Å². The highest BCUT2D eigenvalue weighted by molar-refractivity contribution is 5.88. The van der Waals surface area contributed by atoms with Crippen LogP contribution < -0.4 is 5.32 Å². The lowest BCUT2D eigenvalue weighted by atomic mass is 10.0. The molecule has 0 saturated heterocycles. The summed E-state index contributed by atoms with van der Waals surface area (Å²) in [5.41, 5.74) is 5.51. The molecule has 0 heterocycles. The molecule has 0 fully saturated rings. The van der Waals surface area contributed by atoms with Gasteiger partial charge in [0, 0.05) is 26.4 Å². The van der Waals surface area contributed by atoms with Crippen LogP contribution in [-0.4, -0.2) is 29.8 Å². The van der Waals surface area contributed by atoms with Crippen LogP contribution in [0.4, 0.5) is 0 Å². The zero-order valence-electron chi connectivity index (χ0n) is 19.2. The molecule has 3 aromatic rings. The third-order valence-electron chi connectivity index (χ3n) is 5.70. The van der Waals surface area contributed by atoms with Crippen LogP contribution in [0.5, 0.6) is 0 Å². The molecule has 1 N–H and O–H groups in total. The number of rotatable bonds is 9. The van der Waals surface area contributed by atoms with Crippen molar-refractivity contribution in [1.82, 2.24) is 10.2 Å². The summed E-state index contributed by atoms with van der Waals surface area (Å²) in [6.45, 7) is 4.49. The third kappa shape index (κ3) is 6.55. The van der Waals surface area contributed by atoms with Gasteiger partial charge in [0.05, 0.1) is 0 Å². The summed E-state index contributed by atoms with van der Waals surface area (Å²) < 4.78 is 0. The first kappa shape index (κ1) is 23.3. The van der Waals surface area contributed by atoms with Crippen LogP contribution in [0, 0.1) is 13.8 Å². The van der Waals surface area contributed by atoms with Gasteiger partial charge in [0.1, 0.15) is 6.04 Å². The molecule has 2 amide bonds. The normalized spacial score (nSPS) is 11.6. The molecule has 32 heavy (non-hydrogen) atoms. The number of carbonyl (C=O) groups excluding carboxylic acids is 2. The van der Waals surface area contributed by atoms with Crippen molar-refractivity contribution in [3.63, 3.8) is 0 Å². The Hall–Kier alpha value is -3.40. The molecular weight excluding hydrogens is 396 g/mol. The maximum Gasteiger partial charge on any atom is 0.242 e. The number of hydrogen-bond acceptors (Lipinski definition) is 2. The van der Waals surface area contributed by atoms with Crippen molar-refractivity contribution < 1.29 is 9.59 Å². The van der Waals surface area contributed by atoms with Gasteiger partial charge in [-0.2, -0.15) is 0 Å². The van der Waals surface area contributed by atoms with Crippen molar-refractivity contribution in [2.45, 2.75) is 45.7 Å².